The van der Waals surface area contributed by atoms with E-state index in [1.54, 1.807) is 42.5 Å². The van der Waals surface area contributed by atoms with Crippen molar-refractivity contribution in [2.75, 3.05) is 11.9 Å². The Balaban J connectivity index is 1.95. The molecule has 0 aliphatic carbocycles. The molecular formula is C27H19Cl2N3O3S. The average molecular weight is 536 g/mol. The summed E-state index contributed by atoms with van der Waals surface area (Å²) < 4.78 is 7.58. The number of amides is 1. The first kappa shape index (κ1) is 25.3. The Bertz CT molecular complexity index is 1650. The number of hydrogen-bond acceptors (Lipinski definition) is 5. The second-order valence-corrected chi connectivity index (χ2v) is 9.30. The topological polar surface area (TPSA) is 84.1 Å². The van der Waals surface area contributed by atoms with Crippen LogP contribution in [0, 0.1) is 11.3 Å². The molecule has 0 atom stereocenters. The van der Waals surface area contributed by atoms with Gasteiger partial charge in [0.15, 0.2) is 5.57 Å². The number of nitrogens with zero attached hydrogens (tertiary/aromatic N) is 2. The van der Waals surface area contributed by atoms with Crippen molar-refractivity contribution >= 4 is 57.8 Å². The molecule has 1 amide bonds. The average Bonchev–Trinajstić information content (AvgIpc) is 3.18. The number of nitriles is 1. The minimum absolute atomic E-state index is 0.191. The zero-order valence-electron chi connectivity index (χ0n) is 19.0. The fourth-order valence-electron chi connectivity index (χ4n) is 3.46. The second kappa shape index (κ2) is 11.3. The zero-order chi connectivity index (χ0) is 25.7. The van der Waals surface area contributed by atoms with Crippen LogP contribution in [0.4, 0.5) is 5.69 Å². The molecule has 36 heavy (non-hydrogen) atoms. The number of carbonyl (C=O) groups excluding carboxylic acids is 1. The third-order valence-corrected chi connectivity index (χ3v) is 6.72. The fraction of sp³-hybridized carbons (Fsp3) is 0.0741. The van der Waals surface area contributed by atoms with Crippen LogP contribution in [0.15, 0.2) is 77.6 Å². The summed E-state index contributed by atoms with van der Waals surface area (Å²) in [6, 6.07) is 22.7. The summed E-state index contributed by atoms with van der Waals surface area (Å²) in [7, 11) is 0. The number of halogens is 2. The van der Waals surface area contributed by atoms with Crippen LogP contribution >= 0.6 is 34.5 Å². The van der Waals surface area contributed by atoms with Gasteiger partial charge in [-0.05, 0) is 49.4 Å². The number of ether oxygens (including phenoxy) is 1. The lowest BCUT2D eigenvalue weighted by molar-refractivity contribution is -0.111. The lowest BCUT2D eigenvalue weighted by atomic mass is 10.2. The van der Waals surface area contributed by atoms with Gasteiger partial charge < -0.3 is 10.1 Å². The number of nitrogens with one attached hydrogen (secondary N) is 1. The van der Waals surface area contributed by atoms with Crippen molar-refractivity contribution < 1.29 is 9.53 Å². The van der Waals surface area contributed by atoms with E-state index < -0.39 is 5.91 Å². The van der Waals surface area contributed by atoms with Crippen molar-refractivity contribution in [2.24, 2.45) is 0 Å². The van der Waals surface area contributed by atoms with Crippen molar-refractivity contribution in [2.45, 2.75) is 6.92 Å². The molecule has 4 aromatic rings. The van der Waals surface area contributed by atoms with E-state index >= 15 is 0 Å². The summed E-state index contributed by atoms with van der Waals surface area (Å²) in [6.45, 7) is 2.34. The highest BCUT2D eigenvalue weighted by atomic mass is 35.5. The molecular weight excluding hydrogens is 517 g/mol. The van der Waals surface area contributed by atoms with E-state index in [-0.39, 0.29) is 20.8 Å². The maximum Gasteiger partial charge on any atom is 0.273 e. The molecule has 9 heteroatoms. The molecule has 0 fully saturated rings. The Morgan fingerprint density at radius 3 is 2.53 bits per heavy atom. The normalized spacial score (nSPS) is 12.1. The van der Waals surface area contributed by atoms with Crippen molar-refractivity contribution in [3.05, 3.63) is 108 Å². The lowest BCUT2D eigenvalue weighted by Crippen LogP contribution is -2.32. The van der Waals surface area contributed by atoms with Gasteiger partial charge in [-0.15, -0.1) is 11.3 Å². The predicted molar refractivity (Wildman–Crippen MR) is 144 cm³/mol. The van der Waals surface area contributed by atoms with E-state index in [9.17, 15) is 14.9 Å². The van der Waals surface area contributed by atoms with Crippen LogP contribution in [0.2, 0.25) is 10.0 Å². The van der Waals surface area contributed by atoms with Crippen molar-refractivity contribution in [3.63, 3.8) is 0 Å². The van der Waals surface area contributed by atoms with Gasteiger partial charge >= 0.3 is 0 Å². The summed E-state index contributed by atoms with van der Waals surface area (Å²) in [5, 5.41) is 13.2. The van der Waals surface area contributed by atoms with Crippen molar-refractivity contribution in [3.8, 4) is 17.5 Å². The molecule has 1 heterocycles. The molecule has 0 aliphatic rings. The highest BCUT2D eigenvalue weighted by Gasteiger charge is 2.18. The molecule has 1 aromatic heterocycles. The third-order valence-electron chi connectivity index (χ3n) is 5.08. The van der Waals surface area contributed by atoms with E-state index in [0.717, 1.165) is 11.3 Å². The van der Waals surface area contributed by atoms with Gasteiger partial charge in [-0.3, -0.25) is 14.2 Å². The van der Waals surface area contributed by atoms with Gasteiger partial charge in [-0.2, -0.15) is 5.26 Å². The van der Waals surface area contributed by atoms with Gasteiger partial charge in [0.1, 0.15) is 16.5 Å². The first-order valence-electron chi connectivity index (χ1n) is 10.8. The Labute approximate surface area is 220 Å². The lowest BCUT2D eigenvalue weighted by Gasteiger charge is -2.07. The van der Waals surface area contributed by atoms with E-state index in [2.05, 4.69) is 5.32 Å². The quantitative estimate of drug-likeness (QED) is 0.386. The van der Waals surface area contributed by atoms with Crippen LogP contribution in [0.1, 0.15) is 12.5 Å². The van der Waals surface area contributed by atoms with Crippen molar-refractivity contribution in [1.82, 2.24) is 4.57 Å². The largest absolute Gasteiger partial charge is 0.493 e. The number of thiazole rings is 1. The summed E-state index contributed by atoms with van der Waals surface area (Å²) in [5.41, 5.74) is 0.931. The number of carbonyl (C=O) groups is 1. The molecule has 0 radical (unpaired) electrons. The molecule has 4 rings (SSSR count). The third kappa shape index (κ3) is 5.37. The molecule has 0 aliphatic heterocycles. The Morgan fingerprint density at radius 2 is 1.83 bits per heavy atom. The molecule has 0 saturated carbocycles. The molecule has 0 spiro atoms. The second-order valence-electron chi connectivity index (χ2n) is 7.43. The van der Waals surface area contributed by atoms with Gasteiger partial charge in [0.25, 0.3) is 11.5 Å². The number of para-hydroxylation sites is 2. The Kier molecular flexibility index (Phi) is 7.91. The smallest absolute Gasteiger partial charge is 0.273 e. The SMILES string of the molecule is CCOc1ccccc1/C=c1/s/c(=C(\C#N)C(=O)Nc2ccc(Cl)cc2Cl)n(-c2ccccc2)c1=O. The van der Waals surface area contributed by atoms with E-state index in [4.69, 9.17) is 27.9 Å². The van der Waals surface area contributed by atoms with Gasteiger partial charge in [-0.1, -0.05) is 59.6 Å². The number of rotatable bonds is 6. The summed E-state index contributed by atoms with van der Waals surface area (Å²) >= 11 is 13.2. The van der Waals surface area contributed by atoms with E-state index in [0.29, 0.717) is 38.8 Å². The van der Waals surface area contributed by atoms with Gasteiger partial charge in [0.2, 0.25) is 0 Å². The van der Waals surface area contributed by atoms with Crippen molar-refractivity contribution in [1.29, 1.82) is 5.26 Å². The minimum Gasteiger partial charge on any atom is -0.493 e. The summed E-state index contributed by atoms with van der Waals surface area (Å²) in [4.78, 5) is 26.7. The van der Waals surface area contributed by atoms with Crippen LogP contribution in [-0.4, -0.2) is 17.1 Å². The Morgan fingerprint density at radius 1 is 1.11 bits per heavy atom. The standard InChI is InChI=1S/C27H19Cl2N3O3S/c1-2-35-23-11-7-6-8-17(23)14-24-26(34)32(19-9-4-3-5-10-19)27(36-24)20(16-30)25(33)31-22-13-12-18(28)15-21(22)29/h3-15H,2H2,1H3,(H,31,33)/b24-14+,27-20+. The summed E-state index contributed by atoms with van der Waals surface area (Å²) in [6.07, 6.45) is 1.70. The number of benzene rings is 3. The Hall–Kier alpha value is -3.83. The number of anilines is 1. The molecule has 6 nitrogen and oxygen atoms in total. The number of aromatic nitrogens is 1. The zero-order valence-corrected chi connectivity index (χ0v) is 21.3. The predicted octanol–water partition coefficient (Wildman–Crippen LogP) is 4.75. The van der Waals surface area contributed by atoms with Gasteiger partial charge in [0.05, 0.1) is 27.5 Å². The van der Waals surface area contributed by atoms with E-state index in [1.165, 1.54) is 10.6 Å². The highest BCUT2D eigenvalue weighted by Crippen LogP contribution is 2.25. The maximum absolute atomic E-state index is 13.6. The molecule has 3 aromatic carbocycles. The monoisotopic (exact) mass is 535 g/mol. The molecule has 180 valence electrons. The first-order valence-corrected chi connectivity index (χ1v) is 12.4. The van der Waals surface area contributed by atoms with Gasteiger partial charge in [0, 0.05) is 10.6 Å². The van der Waals surface area contributed by atoms with Crippen LogP contribution in [0.25, 0.3) is 17.3 Å². The minimum atomic E-state index is -0.700. The van der Waals surface area contributed by atoms with Crippen LogP contribution < -0.4 is 24.8 Å². The first-order chi connectivity index (χ1) is 17.4. The van der Waals surface area contributed by atoms with Crippen LogP contribution in [0.3, 0.4) is 0 Å². The fourth-order valence-corrected chi connectivity index (χ4v) is 5.01. The molecule has 1 N–H and O–H groups in total. The maximum atomic E-state index is 13.6. The highest BCUT2D eigenvalue weighted by molar-refractivity contribution is 7.07. The molecule has 0 saturated heterocycles. The van der Waals surface area contributed by atoms with Crippen LogP contribution in [0.5, 0.6) is 5.75 Å². The molecule has 0 unspecified atom stereocenters. The number of hydrogen-bond donors (Lipinski definition) is 1. The van der Waals surface area contributed by atoms with Crippen LogP contribution in [-0.2, 0) is 4.79 Å². The summed E-state index contributed by atoms with van der Waals surface area (Å²) in [5.74, 6) is -0.0749. The molecule has 0 bridgehead atoms. The van der Waals surface area contributed by atoms with E-state index in [1.807, 2.05) is 43.3 Å². The van der Waals surface area contributed by atoms with Gasteiger partial charge in [-0.25, -0.2) is 0 Å².